The first-order valence-corrected chi connectivity index (χ1v) is 8.76. The molecule has 28 heavy (non-hydrogen) atoms. The first-order valence-electron chi connectivity index (χ1n) is 8.76. The Morgan fingerprint density at radius 1 is 1.18 bits per heavy atom. The second kappa shape index (κ2) is 7.40. The number of fused-ring (bicyclic) bond motifs is 1. The summed E-state index contributed by atoms with van der Waals surface area (Å²) in [4.78, 5) is 20.7. The number of anilines is 2. The van der Waals surface area contributed by atoms with Gasteiger partial charge in [-0.15, -0.1) is 0 Å². The number of rotatable bonds is 5. The predicted molar refractivity (Wildman–Crippen MR) is 109 cm³/mol. The van der Waals surface area contributed by atoms with Gasteiger partial charge in [0.05, 0.1) is 24.7 Å². The van der Waals surface area contributed by atoms with Gasteiger partial charge in [-0.25, -0.2) is 4.98 Å². The highest BCUT2D eigenvalue weighted by Gasteiger charge is 2.11. The number of ether oxygens (including phenoxy) is 1. The predicted octanol–water partition coefficient (Wildman–Crippen LogP) is 3.19. The molecule has 1 amide bonds. The minimum absolute atomic E-state index is 0.0974. The SMILES string of the molecule is COc1cccc(CC(=O)Nc2cccc3c2ccn3-c2ccnc(N)n2)c1. The standard InChI is InChI=1S/C21H19N5O2/c1-28-15-5-2-4-14(12-15)13-20(27)24-17-6-3-7-18-16(17)9-11-26(18)19-8-10-23-21(22)25-19/h2-12H,13H2,1H3,(H,24,27)(H2,22,23,25). The van der Waals surface area contributed by atoms with Crippen LogP contribution in [0.5, 0.6) is 5.75 Å². The van der Waals surface area contributed by atoms with Crippen LogP contribution in [-0.4, -0.2) is 27.6 Å². The zero-order valence-corrected chi connectivity index (χ0v) is 15.3. The molecule has 7 nitrogen and oxygen atoms in total. The van der Waals surface area contributed by atoms with Crippen molar-refractivity contribution in [2.75, 3.05) is 18.2 Å². The molecule has 0 saturated carbocycles. The number of nitrogens with two attached hydrogens (primary N) is 1. The van der Waals surface area contributed by atoms with Crippen molar-refractivity contribution in [2.45, 2.75) is 6.42 Å². The molecule has 0 saturated heterocycles. The van der Waals surface area contributed by atoms with Gasteiger partial charge < -0.3 is 20.4 Å². The van der Waals surface area contributed by atoms with Crippen molar-refractivity contribution in [3.05, 3.63) is 72.6 Å². The van der Waals surface area contributed by atoms with Crippen LogP contribution in [0.1, 0.15) is 5.56 Å². The Bertz CT molecular complexity index is 1150. The van der Waals surface area contributed by atoms with Crippen LogP contribution < -0.4 is 15.8 Å². The Kier molecular flexibility index (Phi) is 4.63. The molecule has 0 aliphatic heterocycles. The van der Waals surface area contributed by atoms with Crippen LogP contribution in [0.3, 0.4) is 0 Å². The molecule has 2 aromatic heterocycles. The van der Waals surface area contributed by atoms with E-state index in [1.165, 1.54) is 0 Å². The molecule has 2 aromatic carbocycles. The Morgan fingerprint density at radius 2 is 2.04 bits per heavy atom. The fourth-order valence-corrected chi connectivity index (χ4v) is 3.14. The van der Waals surface area contributed by atoms with E-state index in [1.54, 1.807) is 19.4 Å². The van der Waals surface area contributed by atoms with Crippen LogP contribution >= 0.6 is 0 Å². The van der Waals surface area contributed by atoms with Gasteiger partial charge in [-0.2, -0.15) is 4.98 Å². The summed E-state index contributed by atoms with van der Waals surface area (Å²) < 4.78 is 7.12. The molecule has 4 rings (SSSR count). The van der Waals surface area contributed by atoms with Crippen molar-refractivity contribution in [1.82, 2.24) is 14.5 Å². The summed E-state index contributed by atoms with van der Waals surface area (Å²) in [5.41, 5.74) is 8.24. The summed E-state index contributed by atoms with van der Waals surface area (Å²) >= 11 is 0. The topological polar surface area (TPSA) is 95.1 Å². The second-order valence-corrected chi connectivity index (χ2v) is 6.27. The van der Waals surface area contributed by atoms with Gasteiger partial charge in [0.1, 0.15) is 11.6 Å². The largest absolute Gasteiger partial charge is 0.497 e. The maximum Gasteiger partial charge on any atom is 0.228 e. The number of carbonyl (C=O) groups is 1. The summed E-state index contributed by atoms with van der Waals surface area (Å²) in [6.45, 7) is 0. The first kappa shape index (κ1) is 17.5. The third kappa shape index (κ3) is 3.50. The van der Waals surface area contributed by atoms with Gasteiger partial charge >= 0.3 is 0 Å². The van der Waals surface area contributed by atoms with Crippen LogP contribution in [0, 0.1) is 0 Å². The zero-order chi connectivity index (χ0) is 19.5. The van der Waals surface area contributed by atoms with Gasteiger partial charge in [0.25, 0.3) is 0 Å². The van der Waals surface area contributed by atoms with Crippen LogP contribution in [0.4, 0.5) is 11.6 Å². The summed E-state index contributed by atoms with van der Waals surface area (Å²) in [6.07, 6.45) is 3.77. The number of nitrogens with one attached hydrogen (secondary N) is 1. The van der Waals surface area contributed by atoms with E-state index >= 15 is 0 Å². The molecular weight excluding hydrogens is 354 g/mol. The van der Waals surface area contributed by atoms with Gasteiger partial charge in [-0.1, -0.05) is 18.2 Å². The summed E-state index contributed by atoms with van der Waals surface area (Å²) in [5, 5.41) is 3.91. The number of methoxy groups -OCH3 is 1. The van der Waals surface area contributed by atoms with Gasteiger partial charge in [0.15, 0.2) is 0 Å². The highest BCUT2D eigenvalue weighted by molar-refractivity contribution is 6.02. The normalized spacial score (nSPS) is 10.8. The molecule has 0 bridgehead atoms. The molecular formula is C21H19N5O2. The van der Waals surface area contributed by atoms with Gasteiger partial charge in [-0.3, -0.25) is 4.79 Å². The maximum atomic E-state index is 12.6. The van der Waals surface area contributed by atoms with Crippen molar-refractivity contribution >= 4 is 28.4 Å². The minimum Gasteiger partial charge on any atom is -0.497 e. The highest BCUT2D eigenvalue weighted by atomic mass is 16.5. The van der Waals surface area contributed by atoms with Crippen molar-refractivity contribution in [2.24, 2.45) is 0 Å². The van der Waals surface area contributed by atoms with Crippen LogP contribution in [0.25, 0.3) is 16.7 Å². The fourth-order valence-electron chi connectivity index (χ4n) is 3.14. The van der Waals surface area contributed by atoms with Crippen molar-refractivity contribution in [3.8, 4) is 11.6 Å². The van der Waals surface area contributed by atoms with Crippen molar-refractivity contribution in [3.63, 3.8) is 0 Å². The zero-order valence-electron chi connectivity index (χ0n) is 15.3. The van der Waals surface area contributed by atoms with Crippen LogP contribution in [0.15, 0.2) is 67.0 Å². The van der Waals surface area contributed by atoms with E-state index < -0.39 is 0 Å². The maximum absolute atomic E-state index is 12.6. The van der Waals surface area contributed by atoms with Gasteiger partial charge in [-0.05, 0) is 42.0 Å². The smallest absolute Gasteiger partial charge is 0.228 e. The molecule has 0 aliphatic carbocycles. The lowest BCUT2D eigenvalue weighted by Crippen LogP contribution is -2.14. The molecule has 140 valence electrons. The number of amides is 1. The average molecular weight is 373 g/mol. The number of carbonyl (C=O) groups excluding carboxylic acids is 1. The molecule has 4 aromatic rings. The van der Waals surface area contributed by atoms with Gasteiger partial charge in [0, 0.05) is 17.8 Å². The van der Waals surface area contributed by atoms with E-state index in [2.05, 4.69) is 15.3 Å². The number of hydrogen-bond donors (Lipinski definition) is 2. The fraction of sp³-hybridized carbons (Fsp3) is 0.0952. The van der Waals surface area contributed by atoms with Crippen LogP contribution in [0.2, 0.25) is 0 Å². The van der Waals surface area contributed by atoms with E-state index in [9.17, 15) is 4.79 Å². The molecule has 0 aliphatic rings. The van der Waals surface area contributed by atoms with E-state index in [-0.39, 0.29) is 18.3 Å². The molecule has 0 unspecified atom stereocenters. The lowest BCUT2D eigenvalue weighted by Gasteiger charge is -2.09. The van der Waals surface area contributed by atoms with Crippen molar-refractivity contribution in [1.29, 1.82) is 0 Å². The second-order valence-electron chi connectivity index (χ2n) is 6.27. The number of nitrogens with zero attached hydrogens (tertiary/aromatic N) is 3. The summed E-state index contributed by atoms with van der Waals surface area (Å²) in [7, 11) is 1.61. The third-order valence-corrected chi connectivity index (χ3v) is 4.41. The average Bonchev–Trinajstić information content (AvgIpc) is 3.13. The Hall–Kier alpha value is -3.87. The number of nitrogen functional groups attached to an aromatic ring is 1. The van der Waals surface area contributed by atoms with E-state index in [4.69, 9.17) is 10.5 Å². The van der Waals surface area contributed by atoms with E-state index in [0.29, 0.717) is 5.82 Å². The van der Waals surface area contributed by atoms with Crippen molar-refractivity contribution < 1.29 is 9.53 Å². The lowest BCUT2D eigenvalue weighted by molar-refractivity contribution is -0.115. The highest BCUT2D eigenvalue weighted by Crippen LogP contribution is 2.27. The molecule has 0 spiro atoms. The van der Waals surface area contributed by atoms with E-state index in [1.807, 2.05) is 59.3 Å². The molecule has 3 N–H and O–H groups in total. The molecule has 2 heterocycles. The molecule has 0 radical (unpaired) electrons. The van der Waals surface area contributed by atoms with Gasteiger partial charge in [0.2, 0.25) is 11.9 Å². The number of aromatic nitrogens is 3. The van der Waals surface area contributed by atoms with Crippen LogP contribution in [-0.2, 0) is 11.2 Å². The minimum atomic E-state index is -0.0974. The third-order valence-electron chi connectivity index (χ3n) is 4.41. The summed E-state index contributed by atoms with van der Waals surface area (Å²) in [5.74, 6) is 1.51. The quantitative estimate of drug-likeness (QED) is 0.560. The Labute approximate surface area is 161 Å². The Balaban J connectivity index is 1.60. The first-order chi connectivity index (χ1) is 13.6. The molecule has 0 atom stereocenters. The molecule has 7 heteroatoms. The monoisotopic (exact) mass is 373 g/mol. The molecule has 0 fully saturated rings. The lowest BCUT2D eigenvalue weighted by atomic mass is 10.1. The number of benzene rings is 2. The number of hydrogen-bond acceptors (Lipinski definition) is 5. The summed E-state index contributed by atoms with van der Waals surface area (Å²) in [6, 6.07) is 16.9. The Morgan fingerprint density at radius 3 is 2.86 bits per heavy atom. The van der Waals surface area contributed by atoms with E-state index in [0.717, 1.165) is 27.9 Å².